The molecule has 0 saturated carbocycles. The average molecular weight is 362 g/mol. The van der Waals surface area contributed by atoms with Crippen LogP contribution in [0.2, 0.25) is 0 Å². The second kappa shape index (κ2) is 10.8. The maximum Gasteiger partial charge on any atom is 0.222 e. The van der Waals surface area contributed by atoms with Crippen molar-refractivity contribution in [1.82, 2.24) is 16.0 Å². The minimum Gasteiger partial charge on any atom is -0.396 e. The molecule has 1 unspecified atom stereocenters. The monoisotopic (exact) mass is 362 g/mol. The van der Waals surface area contributed by atoms with Crippen molar-refractivity contribution in [3.63, 3.8) is 0 Å². The quantitative estimate of drug-likeness (QED) is 0.382. The van der Waals surface area contributed by atoms with Crippen LogP contribution in [-0.2, 0) is 16.1 Å². The molecule has 1 aliphatic rings. The van der Waals surface area contributed by atoms with Crippen LogP contribution < -0.4 is 16.0 Å². The number of amides is 1. The molecule has 7 heteroatoms. The number of rotatable bonds is 9. The molecule has 1 heterocycles. The number of carbonyl (C=O) groups is 1. The molecule has 0 aliphatic carbocycles. The predicted molar refractivity (Wildman–Crippen MR) is 102 cm³/mol. The molecule has 144 valence electrons. The number of ether oxygens (including phenoxy) is 1. The van der Waals surface area contributed by atoms with Gasteiger partial charge < -0.3 is 25.8 Å². The Balaban J connectivity index is 1.66. The zero-order chi connectivity index (χ0) is 18.7. The fraction of sp³-hybridized carbons (Fsp3) is 0.579. The Morgan fingerprint density at radius 3 is 2.73 bits per heavy atom. The summed E-state index contributed by atoms with van der Waals surface area (Å²) < 4.78 is 5.49. The average Bonchev–Trinajstić information content (AvgIpc) is 3.13. The molecule has 7 nitrogen and oxygen atoms in total. The summed E-state index contributed by atoms with van der Waals surface area (Å²) in [5.41, 5.74) is 1.04. The molecule has 0 radical (unpaired) electrons. The molecule has 1 aromatic carbocycles. The predicted octanol–water partition coefficient (Wildman–Crippen LogP) is 0.647. The van der Waals surface area contributed by atoms with E-state index in [1.807, 2.05) is 30.3 Å². The van der Waals surface area contributed by atoms with Gasteiger partial charge in [0.05, 0.1) is 6.61 Å². The smallest absolute Gasteiger partial charge is 0.222 e. The lowest BCUT2D eigenvalue weighted by Gasteiger charge is -2.27. The Hall–Kier alpha value is -2.12. The van der Waals surface area contributed by atoms with Crippen LogP contribution >= 0.6 is 0 Å². The number of hydrogen-bond donors (Lipinski definition) is 4. The Morgan fingerprint density at radius 2 is 2.08 bits per heavy atom. The first kappa shape index (κ1) is 20.2. The highest BCUT2D eigenvalue weighted by Crippen LogP contribution is 2.31. The van der Waals surface area contributed by atoms with Crippen molar-refractivity contribution < 1.29 is 14.6 Å². The van der Waals surface area contributed by atoms with Crippen LogP contribution in [0.25, 0.3) is 0 Å². The van der Waals surface area contributed by atoms with Gasteiger partial charge in [0.25, 0.3) is 0 Å². The fourth-order valence-electron chi connectivity index (χ4n) is 2.98. The van der Waals surface area contributed by atoms with Gasteiger partial charge in [0.2, 0.25) is 5.91 Å². The van der Waals surface area contributed by atoms with Crippen molar-refractivity contribution in [1.29, 1.82) is 0 Å². The van der Waals surface area contributed by atoms with E-state index in [2.05, 4.69) is 20.9 Å². The van der Waals surface area contributed by atoms with E-state index < -0.39 is 0 Å². The van der Waals surface area contributed by atoms with Gasteiger partial charge in [0, 0.05) is 51.7 Å². The molecule has 0 aromatic heterocycles. The van der Waals surface area contributed by atoms with E-state index in [4.69, 9.17) is 4.74 Å². The standard InChI is InChI=1S/C19H30N4O3/c1-20-18(23-14-19(8-11-24)9-12-26-15-19)21-10-7-17(25)22-13-16-5-3-2-4-6-16/h2-6,24H,7-15H2,1H3,(H,22,25)(H2,20,21,23). The van der Waals surface area contributed by atoms with E-state index in [1.165, 1.54) is 0 Å². The van der Waals surface area contributed by atoms with E-state index in [9.17, 15) is 9.90 Å². The third-order valence-electron chi connectivity index (χ3n) is 4.66. The van der Waals surface area contributed by atoms with Crippen molar-refractivity contribution in [3.05, 3.63) is 35.9 Å². The highest BCUT2D eigenvalue weighted by atomic mass is 16.5. The maximum atomic E-state index is 11.9. The minimum absolute atomic E-state index is 0.00208. The summed E-state index contributed by atoms with van der Waals surface area (Å²) in [6.07, 6.45) is 2.01. The van der Waals surface area contributed by atoms with Gasteiger partial charge in [-0.3, -0.25) is 9.79 Å². The molecule has 1 aliphatic heterocycles. The number of guanidine groups is 1. The zero-order valence-electron chi connectivity index (χ0n) is 15.5. The second-order valence-electron chi connectivity index (χ2n) is 6.64. The Labute approximate surface area is 155 Å². The first-order valence-corrected chi connectivity index (χ1v) is 9.11. The van der Waals surface area contributed by atoms with Gasteiger partial charge in [-0.25, -0.2) is 0 Å². The Morgan fingerprint density at radius 1 is 1.27 bits per heavy atom. The van der Waals surface area contributed by atoms with Gasteiger partial charge in [-0.1, -0.05) is 30.3 Å². The van der Waals surface area contributed by atoms with Gasteiger partial charge >= 0.3 is 0 Å². The van der Waals surface area contributed by atoms with Crippen LogP contribution in [0.3, 0.4) is 0 Å². The van der Waals surface area contributed by atoms with Crippen LogP contribution in [0.4, 0.5) is 0 Å². The molecular weight excluding hydrogens is 332 g/mol. The fourth-order valence-corrected chi connectivity index (χ4v) is 2.98. The normalized spacial score (nSPS) is 20.0. The van der Waals surface area contributed by atoms with E-state index in [-0.39, 0.29) is 17.9 Å². The molecule has 0 bridgehead atoms. The molecule has 0 spiro atoms. The molecule has 1 saturated heterocycles. The zero-order valence-corrected chi connectivity index (χ0v) is 15.5. The summed E-state index contributed by atoms with van der Waals surface area (Å²) in [6, 6.07) is 9.84. The summed E-state index contributed by atoms with van der Waals surface area (Å²) in [7, 11) is 1.70. The Bertz CT molecular complexity index is 571. The third kappa shape index (κ3) is 6.65. The van der Waals surface area contributed by atoms with Gasteiger partial charge in [-0.05, 0) is 18.4 Å². The summed E-state index contributed by atoms with van der Waals surface area (Å²) in [5, 5.41) is 18.6. The molecular formula is C19H30N4O3. The van der Waals surface area contributed by atoms with Crippen LogP contribution in [-0.4, -0.2) is 56.9 Å². The largest absolute Gasteiger partial charge is 0.396 e. The number of carbonyl (C=O) groups excluding carboxylic acids is 1. The summed E-state index contributed by atoms with van der Waals surface area (Å²) in [6.45, 7) is 3.26. The van der Waals surface area contributed by atoms with Crippen LogP contribution in [0, 0.1) is 5.41 Å². The molecule has 1 fully saturated rings. The van der Waals surface area contributed by atoms with Gasteiger partial charge in [-0.2, -0.15) is 0 Å². The topological polar surface area (TPSA) is 95.0 Å². The molecule has 1 aromatic rings. The minimum atomic E-state index is -0.0422. The van der Waals surface area contributed by atoms with Crippen molar-refractivity contribution in [3.8, 4) is 0 Å². The van der Waals surface area contributed by atoms with Crippen LogP contribution in [0.15, 0.2) is 35.3 Å². The number of nitrogens with one attached hydrogen (secondary N) is 3. The number of hydrogen-bond acceptors (Lipinski definition) is 4. The number of benzene rings is 1. The summed E-state index contributed by atoms with van der Waals surface area (Å²) >= 11 is 0. The molecule has 26 heavy (non-hydrogen) atoms. The molecule has 4 N–H and O–H groups in total. The Kier molecular flexibility index (Phi) is 8.37. The number of aliphatic imine (C=N–C) groups is 1. The van der Waals surface area contributed by atoms with Gasteiger partial charge in [0.1, 0.15) is 0 Å². The second-order valence-corrected chi connectivity index (χ2v) is 6.64. The molecule has 2 rings (SSSR count). The van der Waals surface area contributed by atoms with Crippen molar-refractivity contribution in [2.75, 3.05) is 40.0 Å². The van der Waals surface area contributed by atoms with Crippen molar-refractivity contribution in [2.24, 2.45) is 10.4 Å². The van der Waals surface area contributed by atoms with E-state index in [0.717, 1.165) is 18.6 Å². The van der Waals surface area contributed by atoms with E-state index in [1.54, 1.807) is 7.05 Å². The lowest BCUT2D eigenvalue weighted by molar-refractivity contribution is -0.121. The lowest BCUT2D eigenvalue weighted by atomic mass is 9.84. The maximum absolute atomic E-state index is 11.9. The highest BCUT2D eigenvalue weighted by Gasteiger charge is 2.34. The van der Waals surface area contributed by atoms with Crippen molar-refractivity contribution in [2.45, 2.75) is 25.8 Å². The molecule has 1 atom stereocenters. The number of aliphatic hydroxyl groups is 1. The van der Waals surface area contributed by atoms with Gasteiger partial charge in [0.15, 0.2) is 5.96 Å². The van der Waals surface area contributed by atoms with E-state index >= 15 is 0 Å². The van der Waals surface area contributed by atoms with Crippen LogP contribution in [0.1, 0.15) is 24.8 Å². The number of nitrogens with zero attached hydrogens (tertiary/aromatic N) is 1. The summed E-state index contributed by atoms with van der Waals surface area (Å²) in [5.74, 6) is 0.655. The van der Waals surface area contributed by atoms with Gasteiger partial charge in [-0.15, -0.1) is 0 Å². The first-order chi connectivity index (χ1) is 12.7. The highest BCUT2D eigenvalue weighted by molar-refractivity contribution is 5.81. The van der Waals surface area contributed by atoms with E-state index in [0.29, 0.717) is 45.0 Å². The summed E-state index contributed by atoms with van der Waals surface area (Å²) in [4.78, 5) is 16.1. The molecule has 1 amide bonds. The van der Waals surface area contributed by atoms with Crippen LogP contribution in [0.5, 0.6) is 0 Å². The third-order valence-corrected chi connectivity index (χ3v) is 4.66. The first-order valence-electron chi connectivity index (χ1n) is 9.11. The SMILES string of the molecule is CN=C(NCCC(=O)NCc1ccccc1)NCC1(CCO)CCOC1. The number of aliphatic hydroxyl groups excluding tert-OH is 1. The lowest BCUT2D eigenvalue weighted by Crippen LogP contribution is -2.45. The van der Waals surface area contributed by atoms with Crippen molar-refractivity contribution >= 4 is 11.9 Å².